The molecule has 0 unspecified atom stereocenters. The van der Waals surface area contributed by atoms with E-state index in [1.807, 2.05) is 4.68 Å². The number of hydrogen-bond acceptors (Lipinski definition) is 3. The van der Waals surface area contributed by atoms with Gasteiger partial charge in [0.05, 0.1) is 12.2 Å². The zero-order valence-electron chi connectivity index (χ0n) is 11.7. The van der Waals surface area contributed by atoms with E-state index in [2.05, 4.69) is 34.3 Å². The maximum Gasteiger partial charge on any atom is 0.356 e. The molecule has 4 rings (SSSR count). The van der Waals surface area contributed by atoms with Crippen LogP contribution in [0.5, 0.6) is 0 Å². The number of aromatic carboxylic acids is 1. The molecule has 0 amide bonds. The van der Waals surface area contributed by atoms with E-state index in [0.29, 0.717) is 6.04 Å². The fourth-order valence-corrected chi connectivity index (χ4v) is 3.50. The molecule has 21 heavy (non-hydrogen) atoms. The summed E-state index contributed by atoms with van der Waals surface area (Å²) < 4.78 is 1.84. The van der Waals surface area contributed by atoms with E-state index in [0.717, 1.165) is 38.2 Å². The monoisotopic (exact) mass is 283 g/mol. The number of benzene rings is 1. The molecule has 0 fully saturated rings. The molecule has 0 bridgehead atoms. The van der Waals surface area contributed by atoms with Gasteiger partial charge in [-0.3, -0.25) is 9.58 Å². The lowest BCUT2D eigenvalue weighted by Crippen LogP contribution is -2.41. The van der Waals surface area contributed by atoms with Crippen LogP contribution in [-0.2, 0) is 25.9 Å². The molecule has 1 aromatic heterocycles. The maximum absolute atomic E-state index is 11.0. The summed E-state index contributed by atoms with van der Waals surface area (Å²) in [6.07, 6.45) is 2.19. The Kier molecular flexibility index (Phi) is 2.82. The second-order valence-electron chi connectivity index (χ2n) is 5.85. The fourth-order valence-electron chi connectivity index (χ4n) is 3.50. The van der Waals surface area contributed by atoms with Crippen LogP contribution in [0.4, 0.5) is 0 Å². The SMILES string of the molecule is O=C(O)c1cc2n(n1)CCN(C1Cc3ccccc3C1)C2. The van der Waals surface area contributed by atoms with Crippen LogP contribution in [0, 0.1) is 0 Å². The minimum Gasteiger partial charge on any atom is -0.476 e. The van der Waals surface area contributed by atoms with Gasteiger partial charge in [-0.2, -0.15) is 5.10 Å². The third-order valence-electron chi connectivity index (χ3n) is 4.59. The van der Waals surface area contributed by atoms with Crippen molar-refractivity contribution in [2.45, 2.75) is 32.0 Å². The number of nitrogens with zero attached hydrogens (tertiary/aromatic N) is 3. The Morgan fingerprint density at radius 3 is 2.57 bits per heavy atom. The van der Waals surface area contributed by atoms with Gasteiger partial charge in [0.1, 0.15) is 0 Å². The van der Waals surface area contributed by atoms with Crippen molar-refractivity contribution in [1.82, 2.24) is 14.7 Å². The lowest BCUT2D eigenvalue weighted by Gasteiger charge is -2.32. The molecule has 2 aromatic rings. The number of carboxylic acids is 1. The molecule has 1 N–H and O–H groups in total. The number of carboxylic acid groups (broad SMARTS) is 1. The van der Waals surface area contributed by atoms with E-state index in [9.17, 15) is 4.79 Å². The first-order chi connectivity index (χ1) is 10.2. The van der Waals surface area contributed by atoms with E-state index in [4.69, 9.17) is 5.11 Å². The highest BCUT2D eigenvalue weighted by Crippen LogP contribution is 2.27. The number of aromatic nitrogens is 2. The van der Waals surface area contributed by atoms with Gasteiger partial charge in [-0.05, 0) is 30.0 Å². The van der Waals surface area contributed by atoms with E-state index >= 15 is 0 Å². The first kappa shape index (κ1) is 12.6. The molecule has 0 spiro atoms. The van der Waals surface area contributed by atoms with Gasteiger partial charge in [0, 0.05) is 19.1 Å². The Balaban J connectivity index is 1.53. The summed E-state index contributed by atoms with van der Waals surface area (Å²) in [4.78, 5) is 13.5. The predicted octanol–water partition coefficient (Wildman–Crippen LogP) is 1.56. The second-order valence-corrected chi connectivity index (χ2v) is 5.85. The molecular weight excluding hydrogens is 266 g/mol. The van der Waals surface area contributed by atoms with Crippen molar-refractivity contribution < 1.29 is 9.90 Å². The van der Waals surface area contributed by atoms with Crippen molar-refractivity contribution >= 4 is 5.97 Å². The van der Waals surface area contributed by atoms with Gasteiger partial charge >= 0.3 is 5.97 Å². The molecule has 108 valence electrons. The summed E-state index contributed by atoms with van der Waals surface area (Å²) in [6, 6.07) is 10.9. The molecule has 1 aliphatic heterocycles. The summed E-state index contributed by atoms with van der Waals surface area (Å²) in [6.45, 7) is 2.50. The van der Waals surface area contributed by atoms with E-state index in [-0.39, 0.29) is 5.69 Å². The Morgan fingerprint density at radius 2 is 1.90 bits per heavy atom. The van der Waals surface area contributed by atoms with Crippen molar-refractivity contribution in [3.8, 4) is 0 Å². The van der Waals surface area contributed by atoms with Crippen molar-refractivity contribution in [2.24, 2.45) is 0 Å². The van der Waals surface area contributed by atoms with E-state index in [1.165, 1.54) is 11.1 Å². The van der Waals surface area contributed by atoms with Crippen molar-refractivity contribution in [3.05, 3.63) is 52.8 Å². The standard InChI is InChI=1S/C16H17N3O2/c20-16(21)15-9-14-10-18(5-6-19(14)17-15)13-7-11-3-1-2-4-12(11)8-13/h1-4,9,13H,5-8,10H2,(H,20,21). The number of hydrogen-bond donors (Lipinski definition) is 1. The molecule has 2 aliphatic rings. The predicted molar refractivity (Wildman–Crippen MR) is 77.2 cm³/mol. The highest BCUT2D eigenvalue weighted by molar-refractivity contribution is 5.85. The van der Waals surface area contributed by atoms with Crippen LogP contribution in [-0.4, -0.2) is 38.3 Å². The summed E-state index contributed by atoms with van der Waals surface area (Å²) in [5.41, 5.74) is 4.07. The van der Waals surface area contributed by atoms with Gasteiger partial charge in [0.25, 0.3) is 0 Å². The van der Waals surface area contributed by atoms with Crippen LogP contribution in [0.25, 0.3) is 0 Å². The van der Waals surface area contributed by atoms with Crippen LogP contribution in [0.2, 0.25) is 0 Å². The summed E-state index contributed by atoms with van der Waals surface area (Å²) >= 11 is 0. The van der Waals surface area contributed by atoms with Crippen LogP contribution in [0.3, 0.4) is 0 Å². The van der Waals surface area contributed by atoms with Crippen molar-refractivity contribution in [3.63, 3.8) is 0 Å². The average molecular weight is 283 g/mol. The summed E-state index contributed by atoms with van der Waals surface area (Å²) in [7, 11) is 0. The molecular formula is C16H17N3O2. The van der Waals surface area contributed by atoms with Gasteiger partial charge in [0.2, 0.25) is 0 Å². The first-order valence-corrected chi connectivity index (χ1v) is 7.31. The number of carbonyl (C=O) groups is 1. The molecule has 5 nitrogen and oxygen atoms in total. The molecule has 1 aliphatic carbocycles. The lowest BCUT2D eigenvalue weighted by molar-refractivity contribution is 0.0689. The third-order valence-corrected chi connectivity index (χ3v) is 4.59. The second kappa shape index (κ2) is 4.70. The molecule has 2 heterocycles. The van der Waals surface area contributed by atoms with Crippen LogP contribution < -0.4 is 0 Å². The lowest BCUT2D eigenvalue weighted by atomic mass is 10.1. The van der Waals surface area contributed by atoms with Crippen LogP contribution in [0.15, 0.2) is 30.3 Å². The normalized spacial score (nSPS) is 18.5. The minimum absolute atomic E-state index is 0.154. The Morgan fingerprint density at radius 1 is 1.19 bits per heavy atom. The molecule has 0 radical (unpaired) electrons. The van der Waals surface area contributed by atoms with Crippen molar-refractivity contribution in [1.29, 1.82) is 0 Å². The third kappa shape index (κ3) is 2.14. The van der Waals surface area contributed by atoms with Crippen LogP contribution in [0.1, 0.15) is 27.3 Å². The van der Waals surface area contributed by atoms with E-state index < -0.39 is 5.97 Å². The molecule has 0 saturated carbocycles. The summed E-state index contributed by atoms with van der Waals surface area (Å²) in [5, 5.41) is 13.2. The molecule has 0 atom stereocenters. The maximum atomic E-state index is 11.0. The first-order valence-electron chi connectivity index (χ1n) is 7.31. The molecule has 5 heteroatoms. The van der Waals surface area contributed by atoms with Crippen LogP contribution >= 0.6 is 0 Å². The van der Waals surface area contributed by atoms with Crippen molar-refractivity contribution in [2.75, 3.05) is 6.54 Å². The largest absolute Gasteiger partial charge is 0.476 e. The Labute approximate surface area is 122 Å². The Hall–Kier alpha value is -2.14. The highest BCUT2D eigenvalue weighted by Gasteiger charge is 2.30. The molecule has 1 aromatic carbocycles. The number of rotatable bonds is 2. The quantitative estimate of drug-likeness (QED) is 0.909. The van der Waals surface area contributed by atoms with E-state index in [1.54, 1.807) is 6.07 Å². The average Bonchev–Trinajstić information content (AvgIpc) is 3.10. The zero-order chi connectivity index (χ0) is 14.4. The van der Waals surface area contributed by atoms with Gasteiger partial charge in [-0.1, -0.05) is 24.3 Å². The summed E-state index contributed by atoms with van der Waals surface area (Å²) in [5.74, 6) is -0.947. The van der Waals surface area contributed by atoms with Gasteiger partial charge in [0.15, 0.2) is 5.69 Å². The highest BCUT2D eigenvalue weighted by atomic mass is 16.4. The zero-order valence-corrected chi connectivity index (χ0v) is 11.7. The van der Waals surface area contributed by atoms with Gasteiger partial charge in [-0.15, -0.1) is 0 Å². The van der Waals surface area contributed by atoms with Gasteiger partial charge in [-0.25, -0.2) is 4.79 Å². The van der Waals surface area contributed by atoms with Gasteiger partial charge < -0.3 is 5.11 Å². The topological polar surface area (TPSA) is 58.4 Å². The number of fused-ring (bicyclic) bond motifs is 2. The smallest absolute Gasteiger partial charge is 0.356 e. The Bertz CT molecular complexity index is 682. The fraction of sp³-hybridized carbons (Fsp3) is 0.375. The molecule has 0 saturated heterocycles. The minimum atomic E-state index is -0.947.